The maximum atomic E-state index is 4.54. The number of aromatic nitrogens is 2. The van der Waals surface area contributed by atoms with Gasteiger partial charge >= 0.3 is 0 Å². The van der Waals surface area contributed by atoms with E-state index in [1.807, 2.05) is 13.0 Å². The molecular weight excluding hydrogens is 302 g/mol. The number of nitrogens with zero attached hydrogens (tertiary/aromatic N) is 2. The van der Waals surface area contributed by atoms with Gasteiger partial charge < -0.3 is 9.88 Å². The summed E-state index contributed by atoms with van der Waals surface area (Å²) >= 11 is 3.51. The monoisotopic (exact) mass is 321 g/mol. The number of imidazole rings is 1. The third-order valence-corrected chi connectivity index (χ3v) is 3.45. The van der Waals surface area contributed by atoms with Crippen molar-refractivity contribution in [3.05, 3.63) is 46.2 Å². The van der Waals surface area contributed by atoms with Crippen LogP contribution in [0.3, 0.4) is 0 Å². The van der Waals surface area contributed by atoms with Crippen LogP contribution >= 0.6 is 15.9 Å². The Hall–Kier alpha value is -1.29. The summed E-state index contributed by atoms with van der Waals surface area (Å²) < 4.78 is 3.29. The first-order valence-electron chi connectivity index (χ1n) is 6.71. The summed E-state index contributed by atoms with van der Waals surface area (Å²) in [4.78, 5) is 4.54. The number of nitrogens with one attached hydrogen (secondary N) is 1. The van der Waals surface area contributed by atoms with Gasteiger partial charge in [0.2, 0.25) is 5.95 Å². The molecule has 0 fully saturated rings. The molecule has 1 heterocycles. The highest BCUT2D eigenvalue weighted by molar-refractivity contribution is 9.10. The Labute approximate surface area is 123 Å². The van der Waals surface area contributed by atoms with Crippen molar-refractivity contribution in [3.63, 3.8) is 0 Å². The van der Waals surface area contributed by atoms with Gasteiger partial charge in [0.1, 0.15) is 0 Å². The van der Waals surface area contributed by atoms with Crippen LogP contribution in [0.15, 0.2) is 34.9 Å². The molecule has 1 N–H and O–H groups in total. The molecule has 0 bridgehead atoms. The molecule has 1 aromatic carbocycles. The van der Waals surface area contributed by atoms with Gasteiger partial charge in [0.05, 0.1) is 12.2 Å². The molecule has 0 amide bonds. The fourth-order valence-corrected chi connectivity index (χ4v) is 2.46. The number of rotatable bonds is 6. The zero-order valence-corrected chi connectivity index (χ0v) is 13.1. The van der Waals surface area contributed by atoms with Crippen LogP contribution in [0.1, 0.15) is 31.0 Å². The van der Waals surface area contributed by atoms with Crippen LogP contribution in [0.2, 0.25) is 0 Å². The first kappa shape index (κ1) is 14.1. The Kier molecular flexibility index (Phi) is 5.02. The molecule has 0 atom stereocenters. The number of benzene rings is 1. The Balaban J connectivity index is 2.10. The number of halogens is 1. The average molecular weight is 322 g/mol. The van der Waals surface area contributed by atoms with Crippen LogP contribution in [0.4, 0.5) is 5.95 Å². The summed E-state index contributed by atoms with van der Waals surface area (Å²) in [5.74, 6) is 0.964. The van der Waals surface area contributed by atoms with Gasteiger partial charge in [-0.05, 0) is 31.0 Å². The lowest BCUT2D eigenvalue weighted by Gasteiger charge is -2.09. The van der Waals surface area contributed by atoms with Crippen molar-refractivity contribution in [1.29, 1.82) is 0 Å². The molecule has 0 spiro atoms. The minimum Gasteiger partial charge on any atom is -0.356 e. The summed E-state index contributed by atoms with van der Waals surface area (Å²) in [5.41, 5.74) is 2.32. The van der Waals surface area contributed by atoms with Gasteiger partial charge in [-0.2, -0.15) is 0 Å². The summed E-state index contributed by atoms with van der Waals surface area (Å²) in [5, 5.41) is 3.41. The van der Waals surface area contributed by atoms with Crippen LogP contribution in [-0.4, -0.2) is 16.1 Å². The highest BCUT2D eigenvalue weighted by atomic mass is 79.9. The fourth-order valence-electron chi connectivity index (χ4n) is 2.02. The molecule has 4 heteroatoms. The second-order valence-corrected chi connectivity index (χ2v) is 5.66. The van der Waals surface area contributed by atoms with Gasteiger partial charge in [-0.3, -0.25) is 0 Å². The minimum atomic E-state index is 0.842. The summed E-state index contributed by atoms with van der Waals surface area (Å²) in [6.07, 6.45) is 4.45. The van der Waals surface area contributed by atoms with E-state index in [-0.39, 0.29) is 0 Å². The van der Waals surface area contributed by atoms with Crippen molar-refractivity contribution in [2.45, 2.75) is 33.2 Å². The molecule has 19 heavy (non-hydrogen) atoms. The van der Waals surface area contributed by atoms with Gasteiger partial charge in [0.25, 0.3) is 0 Å². The van der Waals surface area contributed by atoms with Crippen molar-refractivity contribution in [3.8, 4) is 0 Å². The quantitative estimate of drug-likeness (QED) is 0.807. The van der Waals surface area contributed by atoms with E-state index in [1.54, 1.807) is 0 Å². The standard InChI is InChI=1S/C15H20BrN3/c1-3-4-8-17-15-18-12(2)10-19(15)11-13-6-5-7-14(16)9-13/h5-7,9-10H,3-4,8,11H2,1-2H3,(H,17,18). The van der Waals surface area contributed by atoms with Crippen molar-refractivity contribution in [1.82, 2.24) is 9.55 Å². The largest absolute Gasteiger partial charge is 0.356 e. The number of aryl methyl sites for hydroxylation is 1. The first-order valence-corrected chi connectivity index (χ1v) is 7.50. The van der Waals surface area contributed by atoms with Crippen molar-refractivity contribution < 1.29 is 0 Å². The van der Waals surface area contributed by atoms with Crippen molar-refractivity contribution in [2.75, 3.05) is 11.9 Å². The van der Waals surface area contributed by atoms with E-state index in [0.29, 0.717) is 0 Å². The lowest BCUT2D eigenvalue weighted by atomic mass is 10.2. The Bertz CT molecular complexity index is 534. The molecule has 0 aliphatic carbocycles. The Morgan fingerprint density at radius 3 is 2.95 bits per heavy atom. The van der Waals surface area contributed by atoms with Crippen LogP contribution in [0.25, 0.3) is 0 Å². The average Bonchev–Trinajstić information content (AvgIpc) is 2.70. The second-order valence-electron chi connectivity index (χ2n) is 4.74. The zero-order valence-electron chi connectivity index (χ0n) is 11.5. The summed E-state index contributed by atoms with van der Waals surface area (Å²) in [7, 11) is 0. The molecule has 0 saturated heterocycles. The number of unbranched alkanes of at least 4 members (excludes halogenated alkanes) is 1. The summed E-state index contributed by atoms with van der Waals surface area (Å²) in [6.45, 7) is 6.05. The summed E-state index contributed by atoms with van der Waals surface area (Å²) in [6, 6.07) is 8.39. The zero-order chi connectivity index (χ0) is 13.7. The van der Waals surface area contributed by atoms with Crippen LogP contribution in [0, 0.1) is 6.92 Å². The van der Waals surface area contributed by atoms with Crippen molar-refractivity contribution in [2.24, 2.45) is 0 Å². The Morgan fingerprint density at radius 2 is 2.21 bits per heavy atom. The second kappa shape index (κ2) is 6.75. The number of anilines is 1. The van der Waals surface area contributed by atoms with E-state index in [4.69, 9.17) is 0 Å². The molecule has 0 saturated carbocycles. The molecule has 2 rings (SSSR count). The highest BCUT2D eigenvalue weighted by Gasteiger charge is 2.05. The van der Waals surface area contributed by atoms with Crippen LogP contribution in [-0.2, 0) is 6.54 Å². The van der Waals surface area contributed by atoms with E-state index >= 15 is 0 Å². The van der Waals surface area contributed by atoms with Gasteiger partial charge in [-0.1, -0.05) is 41.4 Å². The predicted molar refractivity (Wildman–Crippen MR) is 83.6 cm³/mol. The van der Waals surface area contributed by atoms with Gasteiger partial charge in [0, 0.05) is 17.2 Å². The van der Waals surface area contributed by atoms with E-state index < -0.39 is 0 Å². The predicted octanol–water partition coefficient (Wildman–Crippen LogP) is 4.21. The molecule has 2 aromatic rings. The van der Waals surface area contributed by atoms with Gasteiger partial charge in [0.15, 0.2) is 0 Å². The lowest BCUT2D eigenvalue weighted by Crippen LogP contribution is -2.09. The van der Waals surface area contributed by atoms with E-state index in [9.17, 15) is 0 Å². The Morgan fingerprint density at radius 1 is 1.37 bits per heavy atom. The fraction of sp³-hybridized carbons (Fsp3) is 0.400. The molecule has 1 aromatic heterocycles. The molecule has 102 valence electrons. The molecular formula is C15H20BrN3. The first-order chi connectivity index (χ1) is 9.19. The SMILES string of the molecule is CCCCNc1nc(C)cn1Cc1cccc(Br)c1. The van der Waals surface area contributed by atoms with E-state index in [1.165, 1.54) is 18.4 Å². The number of hydrogen-bond donors (Lipinski definition) is 1. The van der Waals surface area contributed by atoms with Gasteiger partial charge in [-0.25, -0.2) is 4.98 Å². The normalized spacial score (nSPS) is 10.7. The third-order valence-electron chi connectivity index (χ3n) is 2.95. The molecule has 0 aliphatic heterocycles. The van der Waals surface area contributed by atoms with Crippen LogP contribution < -0.4 is 5.32 Å². The molecule has 3 nitrogen and oxygen atoms in total. The maximum absolute atomic E-state index is 4.54. The molecule has 0 unspecified atom stereocenters. The van der Waals surface area contributed by atoms with Crippen molar-refractivity contribution >= 4 is 21.9 Å². The maximum Gasteiger partial charge on any atom is 0.203 e. The van der Waals surface area contributed by atoms with E-state index in [0.717, 1.165) is 29.2 Å². The van der Waals surface area contributed by atoms with E-state index in [2.05, 4.69) is 62.1 Å². The number of hydrogen-bond acceptors (Lipinski definition) is 2. The minimum absolute atomic E-state index is 0.842. The smallest absolute Gasteiger partial charge is 0.203 e. The molecule has 0 radical (unpaired) electrons. The van der Waals surface area contributed by atoms with Crippen LogP contribution in [0.5, 0.6) is 0 Å². The molecule has 0 aliphatic rings. The lowest BCUT2D eigenvalue weighted by molar-refractivity contribution is 0.775. The topological polar surface area (TPSA) is 29.9 Å². The highest BCUT2D eigenvalue weighted by Crippen LogP contribution is 2.16. The third kappa shape index (κ3) is 4.10. The van der Waals surface area contributed by atoms with Gasteiger partial charge in [-0.15, -0.1) is 0 Å².